The Labute approximate surface area is 165 Å². The van der Waals surface area contributed by atoms with E-state index in [2.05, 4.69) is 5.32 Å². The van der Waals surface area contributed by atoms with Gasteiger partial charge in [0.1, 0.15) is 0 Å². The first kappa shape index (κ1) is 20.2. The van der Waals surface area contributed by atoms with Gasteiger partial charge in [-0.15, -0.1) is 0 Å². The van der Waals surface area contributed by atoms with Crippen molar-refractivity contribution in [2.24, 2.45) is 0 Å². The molecule has 1 aliphatic rings. The average Bonchev–Trinajstić information content (AvgIpc) is 3.21. The Morgan fingerprint density at radius 3 is 2.50 bits per heavy atom. The smallest absolute Gasteiger partial charge is 0.251 e. The van der Waals surface area contributed by atoms with Crippen LogP contribution in [0, 0.1) is 0 Å². The zero-order chi connectivity index (χ0) is 20.1. The highest BCUT2D eigenvalue weighted by Gasteiger charge is 2.35. The molecule has 1 aliphatic heterocycles. The van der Waals surface area contributed by atoms with E-state index in [1.165, 1.54) is 18.5 Å². The molecule has 1 amide bonds. The van der Waals surface area contributed by atoms with Gasteiger partial charge in [0, 0.05) is 24.7 Å². The highest BCUT2D eigenvalue weighted by Crippen LogP contribution is 2.28. The summed E-state index contributed by atoms with van der Waals surface area (Å²) >= 11 is 0. The topological polar surface area (TPSA) is 84.9 Å². The van der Waals surface area contributed by atoms with Crippen LogP contribution < -0.4 is 14.8 Å². The van der Waals surface area contributed by atoms with Crippen LogP contribution in [0.1, 0.15) is 23.2 Å². The van der Waals surface area contributed by atoms with Crippen molar-refractivity contribution >= 4 is 15.9 Å². The molecule has 0 aliphatic carbocycles. The van der Waals surface area contributed by atoms with Gasteiger partial charge >= 0.3 is 0 Å². The van der Waals surface area contributed by atoms with E-state index >= 15 is 0 Å². The molecule has 0 spiro atoms. The number of hydrogen-bond acceptors (Lipinski definition) is 5. The molecule has 3 rings (SSSR count). The van der Waals surface area contributed by atoms with Gasteiger partial charge in [-0.2, -0.15) is 4.31 Å². The molecule has 150 valence electrons. The van der Waals surface area contributed by atoms with Crippen LogP contribution in [0.3, 0.4) is 0 Å². The molecule has 2 aromatic rings. The molecule has 1 atom stereocenters. The van der Waals surface area contributed by atoms with Crippen LogP contribution in [0.5, 0.6) is 11.5 Å². The molecule has 1 saturated heterocycles. The van der Waals surface area contributed by atoms with E-state index in [0.717, 1.165) is 6.42 Å². The first-order valence-corrected chi connectivity index (χ1v) is 10.5. The normalized spacial score (nSPS) is 17.3. The zero-order valence-corrected chi connectivity index (χ0v) is 16.7. The maximum atomic E-state index is 12.9. The van der Waals surface area contributed by atoms with Crippen molar-refractivity contribution in [1.29, 1.82) is 0 Å². The molecule has 0 radical (unpaired) electrons. The Morgan fingerprint density at radius 1 is 1.11 bits per heavy atom. The van der Waals surface area contributed by atoms with E-state index in [4.69, 9.17) is 9.47 Å². The van der Waals surface area contributed by atoms with E-state index < -0.39 is 10.0 Å². The van der Waals surface area contributed by atoms with Gasteiger partial charge in [-0.25, -0.2) is 8.42 Å². The Hall–Kier alpha value is -2.58. The lowest BCUT2D eigenvalue weighted by molar-refractivity contribution is 0.0946. The minimum absolute atomic E-state index is 0.249. The maximum Gasteiger partial charge on any atom is 0.251 e. The molecule has 1 heterocycles. The van der Waals surface area contributed by atoms with Crippen molar-refractivity contribution < 1.29 is 22.7 Å². The summed E-state index contributed by atoms with van der Waals surface area (Å²) < 4.78 is 37.7. The Balaban J connectivity index is 1.69. The van der Waals surface area contributed by atoms with E-state index in [-0.39, 0.29) is 23.4 Å². The largest absolute Gasteiger partial charge is 0.493 e. The summed E-state index contributed by atoms with van der Waals surface area (Å²) in [6, 6.07) is 13.0. The number of sulfonamides is 1. The molecule has 0 bridgehead atoms. The number of hydrogen-bond donors (Lipinski definition) is 1. The number of carbonyl (C=O) groups excluding carboxylic acids is 1. The van der Waals surface area contributed by atoms with Gasteiger partial charge in [0.15, 0.2) is 11.5 Å². The van der Waals surface area contributed by atoms with Gasteiger partial charge in [0.05, 0.1) is 19.1 Å². The molecule has 28 heavy (non-hydrogen) atoms. The predicted octanol–water partition coefficient (Wildman–Crippen LogP) is 2.29. The van der Waals surface area contributed by atoms with Crippen molar-refractivity contribution in [1.82, 2.24) is 9.62 Å². The number of ether oxygens (including phenoxy) is 2. The number of carbonyl (C=O) groups is 1. The van der Waals surface area contributed by atoms with Crippen LogP contribution >= 0.6 is 0 Å². The molecule has 1 fully saturated rings. The van der Waals surface area contributed by atoms with Crippen molar-refractivity contribution in [3.05, 3.63) is 54.1 Å². The predicted molar refractivity (Wildman–Crippen MR) is 105 cm³/mol. The minimum Gasteiger partial charge on any atom is -0.493 e. The van der Waals surface area contributed by atoms with Crippen LogP contribution in [0.25, 0.3) is 0 Å². The molecule has 0 aromatic heterocycles. The van der Waals surface area contributed by atoms with Gasteiger partial charge in [-0.3, -0.25) is 4.79 Å². The summed E-state index contributed by atoms with van der Waals surface area (Å²) in [5.74, 6) is 0.712. The van der Waals surface area contributed by atoms with Gasteiger partial charge in [0.2, 0.25) is 10.0 Å². The van der Waals surface area contributed by atoms with Gasteiger partial charge in [-0.05, 0) is 43.2 Å². The molecule has 0 unspecified atom stereocenters. The number of nitrogens with zero attached hydrogens (tertiary/aromatic N) is 1. The lowest BCUT2D eigenvalue weighted by atomic mass is 10.1. The number of amides is 1. The van der Waals surface area contributed by atoms with E-state index in [1.54, 1.807) is 48.5 Å². The number of nitrogens with one attached hydrogen (secondary N) is 1. The fourth-order valence-electron chi connectivity index (χ4n) is 3.35. The van der Waals surface area contributed by atoms with Gasteiger partial charge < -0.3 is 14.8 Å². The first-order valence-electron chi connectivity index (χ1n) is 9.04. The van der Waals surface area contributed by atoms with Gasteiger partial charge in [-0.1, -0.05) is 18.2 Å². The molecule has 2 aromatic carbocycles. The van der Waals surface area contributed by atoms with Gasteiger partial charge in [0.25, 0.3) is 5.91 Å². The Kier molecular flexibility index (Phi) is 6.21. The maximum absolute atomic E-state index is 12.9. The summed E-state index contributed by atoms with van der Waals surface area (Å²) in [6.07, 6.45) is 1.47. The second-order valence-electron chi connectivity index (χ2n) is 6.50. The summed E-state index contributed by atoms with van der Waals surface area (Å²) in [6.45, 7) is 0.702. The highest BCUT2D eigenvalue weighted by atomic mass is 32.2. The summed E-state index contributed by atoms with van der Waals surface area (Å²) in [5, 5.41) is 2.84. The third-order valence-corrected chi connectivity index (χ3v) is 6.78. The highest BCUT2D eigenvalue weighted by molar-refractivity contribution is 7.89. The Bertz CT molecular complexity index is 931. The minimum atomic E-state index is -3.57. The molecule has 0 saturated carbocycles. The van der Waals surface area contributed by atoms with Crippen molar-refractivity contribution in [3.63, 3.8) is 0 Å². The van der Waals surface area contributed by atoms with E-state index in [0.29, 0.717) is 30.0 Å². The second kappa shape index (κ2) is 8.62. The van der Waals surface area contributed by atoms with Crippen molar-refractivity contribution in [2.45, 2.75) is 23.8 Å². The second-order valence-corrected chi connectivity index (χ2v) is 8.40. The summed E-state index contributed by atoms with van der Waals surface area (Å²) in [4.78, 5) is 12.8. The quantitative estimate of drug-likeness (QED) is 0.765. The standard InChI is InChI=1S/C20H24N2O5S/c1-26-18-11-10-15(13-19(18)27-2)20(23)21-14-16-7-6-12-22(16)28(24,25)17-8-4-3-5-9-17/h3-5,8-11,13,16H,6-7,12,14H2,1-2H3,(H,21,23)/t16-/m1/s1. The SMILES string of the molecule is COc1ccc(C(=O)NC[C@H]2CCCN2S(=O)(=O)c2ccccc2)cc1OC. The monoisotopic (exact) mass is 404 g/mol. The molecule has 7 nitrogen and oxygen atoms in total. The lowest BCUT2D eigenvalue weighted by Crippen LogP contribution is -2.43. The lowest BCUT2D eigenvalue weighted by Gasteiger charge is -2.24. The molecule has 8 heteroatoms. The molecular formula is C20H24N2O5S. The van der Waals surface area contributed by atoms with Crippen LogP contribution in [0.2, 0.25) is 0 Å². The Morgan fingerprint density at radius 2 is 1.82 bits per heavy atom. The third kappa shape index (κ3) is 4.13. The molecule has 1 N–H and O–H groups in total. The average molecular weight is 404 g/mol. The fourth-order valence-corrected chi connectivity index (χ4v) is 5.06. The molecular weight excluding hydrogens is 380 g/mol. The summed E-state index contributed by atoms with van der Waals surface area (Å²) in [7, 11) is -0.543. The van der Waals surface area contributed by atoms with Crippen LogP contribution in [-0.2, 0) is 10.0 Å². The van der Waals surface area contributed by atoms with E-state index in [9.17, 15) is 13.2 Å². The van der Waals surface area contributed by atoms with Crippen LogP contribution in [-0.4, -0.2) is 52.0 Å². The first-order chi connectivity index (χ1) is 13.5. The van der Waals surface area contributed by atoms with E-state index in [1.807, 2.05) is 0 Å². The van der Waals surface area contributed by atoms with Crippen molar-refractivity contribution in [3.8, 4) is 11.5 Å². The number of benzene rings is 2. The third-order valence-electron chi connectivity index (χ3n) is 4.82. The van der Waals surface area contributed by atoms with Crippen LogP contribution in [0.15, 0.2) is 53.4 Å². The number of rotatable bonds is 7. The fraction of sp³-hybridized carbons (Fsp3) is 0.350. The summed E-state index contributed by atoms with van der Waals surface area (Å²) in [5.41, 5.74) is 0.424. The zero-order valence-electron chi connectivity index (χ0n) is 15.9. The van der Waals surface area contributed by atoms with Crippen LogP contribution in [0.4, 0.5) is 0 Å². The number of methoxy groups -OCH3 is 2. The van der Waals surface area contributed by atoms with Crippen molar-refractivity contribution in [2.75, 3.05) is 27.3 Å².